The molecule has 0 spiro atoms. The molecule has 4 unspecified atom stereocenters. The van der Waals surface area contributed by atoms with E-state index in [4.69, 9.17) is 39.5 Å². The van der Waals surface area contributed by atoms with E-state index >= 15 is 0 Å². The number of imidazole rings is 2. The van der Waals surface area contributed by atoms with Gasteiger partial charge in [0.1, 0.15) is 48.1 Å². The number of ether oxygens (including phenoxy) is 4. The quantitative estimate of drug-likeness (QED) is 0.140. The third-order valence-electron chi connectivity index (χ3n) is 7.89. The Morgan fingerprint density at radius 2 is 1.13 bits per heavy atom. The van der Waals surface area contributed by atoms with Crippen molar-refractivity contribution in [3.63, 3.8) is 0 Å². The number of nitrogens with zero attached hydrogens (tertiary/aromatic N) is 8. The van der Waals surface area contributed by atoms with E-state index in [1.54, 1.807) is 0 Å². The fraction of sp³-hybridized carbons (Fsp3) is 0.545. The maximum Gasteiger partial charge on any atom is 0.354 e. The van der Waals surface area contributed by atoms with E-state index in [2.05, 4.69) is 29.9 Å². The maximum atomic E-state index is 13.5. The number of anilines is 2. The van der Waals surface area contributed by atoms with E-state index in [9.17, 15) is 29.1 Å². The Bertz CT molecular complexity index is 1790. The third-order valence-corrected chi connectivity index (χ3v) is 9.95. The zero-order chi connectivity index (χ0) is 32.8. The number of hydrogen-bond donors (Lipinski definition) is 6. The summed E-state index contributed by atoms with van der Waals surface area (Å²) in [5.41, 5.74) is 12.3. The molecule has 3 saturated heterocycles. The molecule has 4 aromatic heterocycles. The first kappa shape index (κ1) is 31.4. The van der Waals surface area contributed by atoms with Gasteiger partial charge >= 0.3 is 15.2 Å². The Balaban J connectivity index is 1.27. The van der Waals surface area contributed by atoms with Crippen LogP contribution in [-0.2, 0) is 37.1 Å². The van der Waals surface area contributed by atoms with Crippen LogP contribution in [0, 0.1) is 0 Å². The highest BCUT2D eigenvalue weighted by Crippen LogP contribution is 2.56. The summed E-state index contributed by atoms with van der Waals surface area (Å²) in [7, 11) is -9.68. The van der Waals surface area contributed by atoms with Crippen molar-refractivity contribution in [2.24, 2.45) is 0 Å². The highest BCUT2D eigenvalue weighted by Gasteiger charge is 2.60. The van der Waals surface area contributed by atoms with Crippen LogP contribution in [0.2, 0.25) is 0 Å². The lowest BCUT2D eigenvalue weighted by Crippen LogP contribution is -2.45. The summed E-state index contributed by atoms with van der Waals surface area (Å²) in [6.45, 7) is 2.44. The van der Waals surface area contributed by atoms with Crippen LogP contribution in [0.25, 0.3) is 22.3 Å². The van der Waals surface area contributed by atoms with Crippen LogP contribution >= 0.6 is 15.2 Å². The van der Waals surface area contributed by atoms with Gasteiger partial charge in [-0.3, -0.25) is 27.3 Å². The van der Waals surface area contributed by atoms with E-state index in [1.807, 2.05) is 0 Å². The molecular formula is C22H28N10O12P2. The normalized spacial score (nSPS) is 40.4. The molecule has 7 rings (SSSR count). The van der Waals surface area contributed by atoms with Gasteiger partial charge in [-0.05, 0) is 13.8 Å². The summed E-state index contributed by atoms with van der Waals surface area (Å²) < 4.78 is 63.8. The van der Waals surface area contributed by atoms with Crippen LogP contribution in [0.3, 0.4) is 0 Å². The zero-order valence-electron chi connectivity index (χ0n) is 23.9. The minimum atomic E-state index is -4.84. The second-order valence-electron chi connectivity index (χ2n) is 11.1. The molecule has 3 aliphatic rings. The molecule has 3 aliphatic heterocycles. The first-order valence-corrected chi connectivity index (χ1v) is 17.0. The molecule has 22 nitrogen and oxygen atoms in total. The molecule has 8 N–H and O–H groups in total. The molecular weight excluding hydrogens is 658 g/mol. The molecule has 0 aliphatic carbocycles. The smallest absolute Gasteiger partial charge is 0.354 e. The predicted octanol–water partition coefficient (Wildman–Crippen LogP) is -0.855. The standard InChI is InChI=1S/C22H28N10O12P2/c1-21-13(33)11(19(41-21)31-5-29-9-15(23)25-3-27-17(9)31)43-46(37,38)8-40-22(2)14(34)12(44-45(35,36)7-39-21)20(42-22)32-6-30-10-16(24)26-4-28-18(10)32/h3-6,11-14,19-20,33-34H,7-8H2,1-2H3,(H,35,36)(H,37,38)(H2,23,25,27)(H2,24,26,28)/t11-,12-,13?,14?,19+,20+,21-,22-/m0/s1. The van der Waals surface area contributed by atoms with Crippen molar-refractivity contribution in [3.8, 4) is 0 Å². The molecule has 0 aromatic carbocycles. The lowest BCUT2D eigenvalue weighted by molar-refractivity contribution is -0.248. The Hall–Kier alpha value is -3.24. The number of aromatic nitrogens is 8. The molecule has 10 atom stereocenters. The van der Waals surface area contributed by atoms with Gasteiger partial charge in [-0.1, -0.05) is 0 Å². The van der Waals surface area contributed by atoms with E-state index in [-0.39, 0.29) is 34.0 Å². The first-order chi connectivity index (χ1) is 21.6. The van der Waals surface area contributed by atoms with Gasteiger partial charge in [0.05, 0.1) is 12.7 Å². The van der Waals surface area contributed by atoms with Gasteiger partial charge in [-0.2, -0.15) is 0 Å². The molecule has 0 radical (unpaired) electrons. The van der Waals surface area contributed by atoms with Crippen molar-refractivity contribution in [2.75, 3.05) is 24.2 Å². The number of aliphatic hydroxyl groups is 2. The van der Waals surface area contributed by atoms with Crippen molar-refractivity contribution in [2.45, 2.75) is 62.3 Å². The third kappa shape index (κ3) is 5.07. The minimum absolute atomic E-state index is 0.0246. The van der Waals surface area contributed by atoms with Crippen LogP contribution < -0.4 is 11.5 Å². The molecule has 4 aromatic rings. The minimum Gasteiger partial charge on any atom is -0.385 e. The number of fused-ring (bicyclic) bond motifs is 6. The van der Waals surface area contributed by atoms with Crippen LogP contribution in [0.5, 0.6) is 0 Å². The molecule has 248 valence electrons. The van der Waals surface area contributed by atoms with Gasteiger partial charge in [0.15, 0.2) is 59.7 Å². The Morgan fingerprint density at radius 1 is 0.739 bits per heavy atom. The summed E-state index contributed by atoms with van der Waals surface area (Å²) >= 11 is 0. The maximum absolute atomic E-state index is 13.5. The summed E-state index contributed by atoms with van der Waals surface area (Å²) in [4.78, 5) is 46.2. The largest absolute Gasteiger partial charge is 0.385 e. The number of nitrogen functional groups attached to an aromatic ring is 2. The lowest BCUT2D eigenvalue weighted by atomic mass is 10.1. The van der Waals surface area contributed by atoms with Gasteiger partial charge in [-0.15, -0.1) is 0 Å². The lowest BCUT2D eigenvalue weighted by Gasteiger charge is -2.32. The predicted molar refractivity (Wildman–Crippen MR) is 150 cm³/mol. The first-order valence-electron chi connectivity index (χ1n) is 13.5. The van der Waals surface area contributed by atoms with Crippen LogP contribution in [0.15, 0.2) is 25.3 Å². The molecule has 3 fully saturated rings. The summed E-state index contributed by atoms with van der Waals surface area (Å²) in [5.74, 6) is -4.22. The highest BCUT2D eigenvalue weighted by atomic mass is 31.2. The van der Waals surface area contributed by atoms with Crippen molar-refractivity contribution < 1.29 is 57.1 Å². The Morgan fingerprint density at radius 3 is 1.52 bits per heavy atom. The highest BCUT2D eigenvalue weighted by molar-refractivity contribution is 7.52. The summed E-state index contributed by atoms with van der Waals surface area (Å²) in [6.07, 6.45) is -7.36. The molecule has 4 bridgehead atoms. The van der Waals surface area contributed by atoms with E-state index in [0.717, 1.165) is 12.7 Å². The van der Waals surface area contributed by atoms with Crippen molar-refractivity contribution in [1.29, 1.82) is 0 Å². The van der Waals surface area contributed by atoms with E-state index in [0.29, 0.717) is 0 Å². The van der Waals surface area contributed by atoms with E-state index in [1.165, 1.54) is 35.6 Å². The Kier molecular flexibility index (Phi) is 7.25. The van der Waals surface area contributed by atoms with Crippen LogP contribution in [-0.4, -0.2) is 108 Å². The van der Waals surface area contributed by atoms with Gasteiger partial charge in [0.2, 0.25) is 0 Å². The molecule has 46 heavy (non-hydrogen) atoms. The van der Waals surface area contributed by atoms with Gasteiger partial charge in [0, 0.05) is 0 Å². The van der Waals surface area contributed by atoms with Crippen molar-refractivity contribution in [1.82, 2.24) is 39.0 Å². The average Bonchev–Trinajstić information content (AvgIpc) is 3.73. The number of nitrogens with two attached hydrogens (primary N) is 2. The monoisotopic (exact) mass is 686 g/mol. The second kappa shape index (κ2) is 10.6. The topological polar surface area (TPSA) is 310 Å². The van der Waals surface area contributed by atoms with Gasteiger partial charge in [-0.25, -0.2) is 29.9 Å². The molecule has 0 amide bonds. The van der Waals surface area contributed by atoms with Crippen molar-refractivity contribution in [3.05, 3.63) is 25.3 Å². The van der Waals surface area contributed by atoms with E-state index < -0.39 is 76.3 Å². The Labute approximate surface area is 257 Å². The number of aliphatic hydroxyl groups excluding tert-OH is 2. The number of rotatable bonds is 2. The molecule has 7 heterocycles. The average molecular weight is 686 g/mol. The SMILES string of the molecule is C[C@@]12OCP(=O)(O)O[C@H]3C(O)[C@@](C)(OCP(=O)(O)O[C@@H](C1O)[C@H](n1cnc4c(N)ncnc41)O2)O[C@H]3n1cnc2c(N)ncnc21. The van der Waals surface area contributed by atoms with Gasteiger partial charge in [0.25, 0.3) is 0 Å². The molecule has 24 heteroatoms. The number of hydrogen-bond acceptors (Lipinski definition) is 18. The molecule has 0 saturated carbocycles. The van der Waals surface area contributed by atoms with Crippen LogP contribution in [0.4, 0.5) is 11.6 Å². The second-order valence-corrected chi connectivity index (χ2v) is 14.6. The summed E-state index contributed by atoms with van der Waals surface area (Å²) in [6, 6.07) is 0. The van der Waals surface area contributed by atoms with Gasteiger partial charge < -0.3 is 50.4 Å². The zero-order valence-corrected chi connectivity index (χ0v) is 25.7. The fourth-order valence-corrected chi connectivity index (χ4v) is 7.68. The fourth-order valence-electron chi connectivity index (χ4n) is 5.52. The summed E-state index contributed by atoms with van der Waals surface area (Å²) in [5, 5.41) is 22.7. The van der Waals surface area contributed by atoms with Crippen molar-refractivity contribution >= 4 is 49.2 Å². The van der Waals surface area contributed by atoms with Crippen LogP contribution in [0.1, 0.15) is 26.3 Å².